The molecule has 2 aliphatic carbocycles. The maximum Gasteiger partial charge on any atom is 0.0529 e. The molecule has 0 spiro atoms. The molecule has 2 aliphatic rings. The number of hydrogen-bond acceptors (Lipinski definition) is 1. The van der Waals surface area contributed by atoms with Crippen LogP contribution < -0.4 is 5.32 Å². The Labute approximate surface area is 212 Å². The summed E-state index contributed by atoms with van der Waals surface area (Å²) in [6.07, 6.45) is 5.57. The predicted octanol–water partition coefficient (Wildman–Crippen LogP) is 8.59. The summed E-state index contributed by atoms with van der Waals surface area (Å²) in [7, 11) is 0. The largest absolute Gasteiger partial charge is 0.359 e. The van der Waals surface area contributed by atoms with Gasteiger partial charge in [0.2, 0.25) is 0 Å². The molecule has 0 saturated carbocycles. The SMILES string of the molecule is C1=C(Nc2ccc3ccccc3c2)CC2C(=C1)c1ccccc1C2(c1ccccc1)c1ccccc1. The molecule has 36 heavy (non-hydrogen) atoms. The van der Waals surface area contributed by atoms with E-state index in [4.69, 9.17) is 0 Å². The van der Waals surface area contributed by atoms with Gasteiger partial charge in [-0.1, -0.05) is 121 Å². The van der Waals surface area contributed by atoms with Gasteiger partial charge in [0.25, 0.3) is 0 Å². The van der Waals surface area contributed by atoms with Gasteiger partial charge in [-0.15, -0.1) is 0 Å². The fourth-order valence-corrected chi connectivity index (χ4v) is 6.46. The van der Waals surface area contributed by atoms with Crippen LogP contribution >= 0.6 is 0 Å². The molecule has 0 saturated heterocycles. The van der Waals surface area contributed by atoms with Gasteiger partial charge in [0.05, 0.1) is 5.41 Å². The van der Waals surface area contributed by atoms with Crippen LogP contribution in [0.1, 0.15) is 28.7 Å². The van der Waals surface area contributed by atoms with Crippen molar-refractivity contribution in [1.29, 1.82) is 0 Å². The average Bonchev–Trinajstić information content (AvgIpc) is 3.24. The van der Waals surface area contributed by atoms with Gasteiger partial charge >= 0.3 is 0 Å². The van der Waals surface area contributed by atoms with E-state index in [1.807, 2.05) is 0 Å². The van der Waals surface area contributed by atoms with Crippen molar-refractivity contribution in [2.75, 3.05) is 5.32 Å². The van der Waals surface area contributed by atoms with Gasteiger partial charge in [-0.25, -0.2) is 0 Å². The van der Waals surface area contributed by atoms with Crippen LogP contribution in [0.15, 0.2) is 145 Å². The van der Waals surface area contributed by atoms with Gasteiger partial charge < -0.3 is 5.32 Å². The van der Waals surface area contributed by atoms with E-state index in [1.54, 1.807) is 0 Å². The molecule has 0 fully saturated rings. The van der Waals surface area contributed by atoms with Crippen LogP contribution in [0.3, 0.4) is 0 Å². The van der Waals surface area contributed by atoms with Crippen molar-refractivity contribution < 1.29 is 0 Å². The summed E-state index contributed by atoms with van der Waals surface area (Å²) in [4.78, 5) is 0. The first kappa shape index (κ1) is 21.0. The summed E-state index contributed by atoms with van der Waals surface area (Å²) < 4.78 is 0. The highest BCUT2D eigenvalue weighted by Crippen LogP contribution is 2.60. The maximum atomic E-state index is 3.77. The van der Waals surface area contributed by atoms with Crippen LogP contribution in [0, 0.1) is 5.92 Å². The Kier molecular flexibility index (Phi) is 4.89. The molecular weight excluding hydrogens is 434 g/mol. The fourth-order valence-electron chi connectivity index (χ4n) is 6.46. The van der Waals surface area contributed by atoms with Crippen LogP contribution in [-0.2, 0) is 5.41 Å². The lowest BCUT2D eigenvalue weighted by Crippen LogP contribution is -2.35. The molecule has 0 heterocycles. The standard InChI is InChI=1S/C35H27N/c1-3-13-27(14-4-1)35(28-15-5-2-6-16-28)33-18-10-9-17-31(33)32-22-21-30(24-34(32)35)36-29-20-19-25-11-7-8-12-26(25)23-29/h1-23,34,36H,24H2. The molecule has 1 nitrogen and oxygen atoms in total. The van der Waals surface area contributed by atoms with E-state index in [2.05, 4.69) is 145 Å². The summed E-state index contributed by atoms with van der Waals surface area (Å²) in [5.41, 5.74) is 9.06. The fraction of sp³-hybridized carbons (Fsp3) is 0.0857. The lowest BCUT2D eigenvalue weighted by atomic mass is 9.63. The minimum Gasteiger partial charge on any atom is -0.359 e. The molecule has 0 aliphatic heterocycles. The van der Waals surface area contributed by atoms with E-state index in [9.17, 15) is 0 Å². The smallest absolute Gasteiger partial charge is 0.0529 e. The van der Waals surface area contributed by atoms with Gasteiger partial charge in [0.15, 0.2) is 0 Å². The topological polar surface area (TPSA) is 12.0 Å². The van der Waals surface area contributed by atoms with Crippen molar-refractivity contribution in [2.45, 2.75) is 11.8 Å². The molecule has 0 aromatic heterocycles. The van der Waals surface area contributed by atoms with E-state index in [0.717, 1.165) is 12.1 Å². The molecule has 172 valence electrons. The van der Waals surface area contributed by atoms with Crippen LogP contribution in [0.25, 0.3) is 16.3 Å². The Balaban J connectivity index is 1.38. The summed E-state index contributed by atoms with van der Waals surface area (Å²) in [5.74, 6) is 0.299. The minimum atomic E-state index is -0.241. The second kappa shape index (κ2) is 8.39. The van der Waals surface area contributed by atoms with Gasteiger partial charge in [-0.3, -0.25) is 0 Å². The monoisotopic (exact) mass is 461 g/mol. The summed E-state index contributed by atoms with van der Waals surface area (Å²) in [6.45, 7) is 0. The van der Waals surface area contributed by atoms with Crippen molar-refractivity contribution in [3.05, 3.63) is 167 Å². The molecule has 5 aromatic rings. The average molecular weight is 462 g/mol. The first-order chi connectivity index (χ1) is 17.8. The predicted molar refractivity (Wildman–Crippen MR) is 151 cm³/mol. The third-order valence-corrected chi connectivity index (χ3v) is 7.96. The molecular formula is C35H27N. The number of allylic oxidation sites excluding steroid dienone is 4. The third-order valence-electron chi connectivity index (χ3n) is 7.96. The second-order valence-corrected chi connectivity index (χ2v) is 9.84. The molecule has 1 heteroatoms. The van der Waals surface area contributed by atoms with Gasteiger partial charge in [0, 0.05) is 17.3 Å². The van der Waals surface area contributed by atoms with Crippen molar-refractivity contribution in [3.8, 4) is 0 Å². The lowest BCUT2D eigenvalue weighted by Gasteiger charge is -2.39. The van der Waals surface area contributed by atoms with Crippen LogP contribution in [0.2, 0.25) is 0 Å². The Hall–Kier alpha value is -4.36. The van der Waals surface area contributed by atoms with Crippen LogP contribution in [0.5, 0.6) is 0 Å². The summed E-state index contributed by atoms with van der Waals surface area (Å²) in [6, 6.07) is 46.4. The maximum absolute atomic E-state index is 3.77. The molecule has 7 rings (SSSR count). The quantitative estimate of drug-likeness (QED) is 0.283. The Bertz CT molecular complexity index is 1590. The van der Waals surface area contributed by atoms with E-state index >= 15 is 0 Å². The summed E-state index contributed by atoms with van der Waals surface area (Å²) in [5, 5.41) is 6.29. The van der Waals surface area contributed by atoms with Gasteiger partial charge in [0.1, 0.15) is 0 Å². The summed E-state index contributed by atoms with van der Waals surface area (Å²) >= 11 is 0. The van der Waals surface area contributed by atoms with Crippen LogP contribution in [-0.4, -0.2) is 0 Å². The number of benzene rings is 5. The minimum absolute atomic E-state index is 0.241. The van der Waals surface area contributed by atoms with Crippen molar-refractivity contribution in [1.82, 2.24) is 0 Å². The van der Waals surface area contributed by atoms with E-state index in [1.165, 1.54) is 44.3 Å². The molecule has 0 bridgehead atoms. The molecule has 1 unspecified atom stereocenters. The van der Waals surface area contributed by atoms with Crippen molar-refractivity contribution in [3.63, 3.8) is 0 Å². The third kappa shape index (κ3) is 3.17. The molecule has 0 amide bonds. The highest BCUT2D eigenvalue weighted by molar-refractivity contribution is 5.87. The number of nitrogens with one attached hydrogen (secondary N) is 1. The molecule has 5 aromatic carbocycles. The molecule has 0 radical (unpaired) electrons. The zero-order chi connectivity index (χ0) is 24.0. The van der Waals surface area contributed by atoms with E-state index in [-0.39, 0.29) is 5.41 Å². The Morgan fingerprint density at radius 3 is 1.97 bits per heavy atom. The van der Waals surface area contributed by atoms with E-state index < -0.39 is 0 Å². The molecule has 1 N–H and O–H groups in total. The first-order valence-corrected chi connectivity index (χ1v) is 12.7. The highest BCUT2D eigenvalue weighted by atomic mass is 14.9. The number of hydrogen-bond donors (Lipinski definition) is 1. The number of fused-ring (bicyclic) bond motifs is 4. The first-order valence-electron chi connectivity index (χ1n) is 12.7. The van der Waals surface area contributed by atoms with Crippen molar-refractivity contribution in [2.24, 2.45) is 5.92 Å². The second-order valence-electron chi connectivity index (χ2n) is 9.84. The van der Waals surface area contributed by atoms with Crippen LogP contribution in [0.4, 0.5) is 5.69 Å². The zero-order valence-electron chi connectivity index (χ0n) is 20.1. The zero-order valence-corrected chi connectivity index (χ0v) is 20.1. The number of anilines is 1. The number of rotatable bonds is 4. The van der Waals surface area contributed by atoms with E-state index in [0.29, 0.717) is 5.92 Å². The van der Waals surface area contributed by atoms with Crippen molar-refractivity contribution >= 4 is 22.0 Å². The van der Waals surface area contributed by atoms with Gasteiger partial charge in [-0.2, -0.15) is 0 Å². The lowest BCUT2D eigenvalue weighted by molar-refractivity contribution is 0.476. The van der Waals surface area contributed by atoms with Gasteiger partial charge in [-0.05, 0) is 63.2 Å². The molecule has 1 atom stereocenters. The Morgan fingerprint density at radius 1 is 0.583 bits per heavy atom. The normalized spacial score (nSPS) is 17.6. The Morgan fingerprint density at radius 2 is 1.22 bits per heavy atom. The highest BCUT2D eigenvalue weighted by Gasteiger charge is 2.52.